The molecular weight excluding hydrogens is 304 g/mol. The lowest BCUT2D eigenvalue weighted by Crippen LogP contribution is -2.49. The number of nitrogens with zero attached hydrogens (tertiary/aromatic N) is 1. The SMILES string of the molecule is O=C(c1ccc(SC(F)F)cc1)N1CCCC2CCCCC21. The molecule has 0 N–H and O–H groups in total. The Hall–Kier alpha value is -1.10. The van der Waals surface area contributed by atoms with Crippen LogP contribution in [0.1, 0.15) is 48.9 Å². The number of hydrogen-bond donors (Lipinski definition) is 0. The maximum absolute atomic E-state index is 12.8. The van der Waals surface area contributed by atoms with Crippen molar-refractivity contribution in [2.75, 3.05) is 6.54 Å². The van der Waals surface area contributed by atoms with Crippen molar-refractivity contribution < 1.29 is 13.6 Å². The minimum Gasteiger partial charge on any atom is -0.335 e. The Kier molecular flexibility index (Phi) is 5.01. The smallest absolute Gasteiger partial charge is 0.288 e. The summed E-state index contributed by atoms with van der Waals surface area (Å²) in [6.45, 7) is 0.827. The van der Waals surface area contributed by atoms with Crippen LogP contribution in [0.25, 0.3) is 0 Å². The molecule has 2 unspecified atom stereocenters. The topological polar surface area (TPSA) is 20.3 Å². The van der Waals surface area contributed by atoms with Crippen LogP contribution in [-0.2, 0) is 0 Å². The van der Waals surface area contributed by atoms with Gasteiger partial charge < -0.3 is 4.90 Å². The molecule has 120 valence electrons. The Balaban J connectivity index is 1.72. The Morgan fingerprint density at radius 1 is 1.09 bits per heavy atom. The molecule has 1 aliphatic carbocycles. The zero-order valence-corrected chi connectivity index (χ0v) is 13.3. The van der Waals surface area contributed by atoms with Gasteiger partial charge in [-0.2, -0.15) is 8.78 Å². The van der Waals surface area contributed by atoms with E-state index in [1.165, 1.54) is 25.7 Å². The number of likely N-dealkylation sites (tertiary alicyclic amines) is 1. The fourth-order valence-electron chi connectivity index (χ4n) is 3.82. The third-order valence-corrected chi connectivity index (χ3v) is 5.55. The van der Waals surface area contributed by atoms with Gasteiger partial charge in [0.15, 0.2) is 0 Å². The molecule has 2 fully saturated rings. The summed E-state index contributed by atoms with van der Waals surface area (Å²) in [7, 11) is 0. The maximum atomic E-state index is 12.8. The van der Waals surface area contributed by atoms with Crippen LogP contribution in [-0.4, -0.2) is 29.2 Å². The van der Waals surface area contributed by atoms with Gasteiger partial charge in [0.2, 0.25) is 0 Å². The number of rotatable bonds is 3. The van der Waals surface area contributed by atoms with Crippen LogP contribution < -0.4 is 0 Å². The number of piperidine rings is 1. The minimum atomic E-state index is -2.42. The lowest BCUT2D eigenvalue weighted by Gasteiger charge is -2.44. The highest BCUT2D eigenvalue weighted by molar-refractivity contribution is 7.99. The van der Waals surface area contributed by atoms with E-state index in [-0.39, 0.29) is 5.91 Å². The number of thioether (sulfide) groups is 1. The van der Waals surface area contributed by atoms with Gasteiger partial charge in [-0.1, -0.05) is 24.6 Å². The van der Waals surface area contributed by atoms with Gasteiger partial charge in [0.1, 0.15) is 0 Å². The molecule has 1 heterocycles. The number of halogens is 2. The quantitative estimate of drug-likeness (QED) is 0.744. The van der Waals surface area contributed by atoms with E-state index in [9.17, 15) is 13.6 Å². The van der Waals surface area contributed by atoms with Crippen molar-refractivity contribution in [2.24, 2.45) is 5.92 Å². The van der Waals surface area contributed by atoms with Gasteiger partial charge in [-0.25, -0.2) is 0 Å². The van der Waals surface area contributed by atoms with Crippen LogP contribution in [0.5, 0.6) is 0 Å². The van der Waals surface area contributed by atoms with E-state index in [0.717, 1.165) is 19.4 Å². The highest BCUT2D eigenvalue weighted by Gasteiger charge is 2.35. The zero-order chi connectivity index (χ0) is 15.5. The van der Waals surface area contributed by atoms with Gasteiger partial charge in [-0.15, -0.1) is 0 Å². The molecule has 0 radical (unpaired) electrons. The largest absolute Gasteiger partial charge is 0.335 e. The molecule has 1 saturated carbocycles. The average molecular weight is 325 g/mol. The van der Waals surface area contributed by atoms with Crippen molar-refractivity contribution in [3.63, 3.8) is 0 Å². The number of hydrogen-bond acceptors (Lipinski definition) is 2. The molecule has 0 spiro atoms. The molecule has 1 aliphatic heterocycles. The normalized spacial score (nSPS) is 25.1. The number of benzene rings is 1. The summed E-state index contributed by atoms with van der Waals surface area (Å²) >= 11 is 0.514. The Bertz CT molecular complexity index is 518. The molecule has 2 nitrogen and oxygen atoms in total. The number of amides is 1. The molecule has 1 aromatic carbocycles. The summed E-state index contributed by atoms with van der Waals surface area (Å²) in [4.78, 5) is 15.3. The minimum absolute atomic E-state index is 0.0604. The number of carbonyl (C=O) groups is 1. The van der Waals surface area contributed by atoms with Crippen LogP contribution in [0.2, 0.25) is 0 Å². The second-order valence-electron chi connectivity index (χ2n) is 6.16. The first kappa shape index (κ1) is 15.8. The number of fused-ring (bicyclic) bond motifs is 1. The number of carbonyl (C=O) groups excluding carboxylic acids is 1. The van der Waals surface area contributed by atoms with E-state index in [4.69, 9.17) is 0 Å². The van der Waals surface area contributed by atoms with Crippen molar-refractivity contribution in [1.82, 2.24) is 4.90 Å². The van der Waals surface area contributed by atoms with E-state index in [0.29, 0.717) is 34.2 Å². The van der Waals surface area contributed by atoms with Gasteiger partial charge in [-0.05, 0) is 55.9 Å². The number of alkyl halides is 2. The van der Waals surface area contributed by atoms with Gasteiger partial charge in [0.25, 0.3) is 11.7 Å². The summed E-state index contributed by atoms with van der Waals surface area (Å²) in [5.41, 5.74) is 0.616. The monoisotopic (exact) mass is 325 g/mol. The summed E-state index contributed by atoms with van der Waals surface area (Å²) in [5, 5.41) is 0. The first-order valence-corrected chi connectivity index (χ1v) is 8.89. The van der Waals surface area contributed by atoms with Crippen molar-refractivity contribution in [3.05, 3.63) is 29.8 Å². The lowest BCUT2D eigenvalue weighted by atomic mass is 9.78. The first-order valence-electron chi connectivity index (χ1n) is 8.01. The van der Waals surface area contributed by atoms with E-state index < -0.39 is 5.76 Å². The second kappa shape index (κ2) is 6.99. The molecule has 0 aromatic heterocycles. The first-order chi connectivity index (χ1) is 10.6. The van der Waals surface area contributed by atoms with E-state index in [1.54, 1.807) is 24.3 Å². The Morgan fingerprint density at radius 2 is 1.77 bits per heavy atom. The van der Waals surface area contributed by atoms with Crippen LogP contribution >= 0.6 is 11.8 Å². The van der Waals surface area contributed by atoms with Crippen molar-refractivity contribution in [3.8, 4) is 0 Å². The van der Waals surface area contributed by atoms with Gasteiger partial charge >= 0.3 is 0 Å². The van der Waals surface area contributed by atoms with Gasteiger partial charge in [0.05, 0.1) is 0 Å². The highest BCUT2D eigenvalue weighted by Crippen LogP contribution is 2.36. The Morgan fingerprint density at radius 3 is 2.50 bits per heavy atom. The van der Waals surface area contributed by atoms with Crippen molar-refractivity contribution in [1.29, 1.82) is 0 Å². The molecule has 22 heavy (non-hydrogen) atoms. The predicted octanol–water partition coefficient (Wildman–Crippen LogP) is 4.80. The summed E-state index contributed by atoms with van der Waals surface area (Å²) in [6.07, 6.45) is 7.14. The van der Waals surface area contributed by atoms with E-state index >= 15 is 0 Å². The standard InChI is InChI=1S/C17H21F2NOS/c18-17(19)22-14-9-7-13(8-10-14)16(21)20-11-3-5-12-4-1-2-6-15(12)20/h7-10,12,15,17H,1-6,11H2. The summed E-state index contributed by atoms with van der Waals surface area (Å²) in [6, 6.07) is 6.97. The third kappa shape index (κ3) is 3.45. The maximum Gasteiger partial charge on any atom is 0.288 e. The van der Waals surface area contributed by atoms with Crippen LogP contribution in [0, 0.1) is 5.92 Å². The van der Waals surface area contributed by atoms with Crippen LogP contribution in [0.15, 0.2) is 29.2 Å². The van der Waals surface area contributed by atoms with Crippen LogP contribution in [0.3, 0.4) is 0 Å². The molecule has 5 heteroatoms. The van der Waals surface area contributed by atoms with E-state index in [2.05, 4.69) is 0 Å². The summed E-state index contributed by atoms with van der Waals surface area (Å²) < 4.78 is 24.7. The van der Waals surface area contributed by atoms with Gasteiger partial charge in [0, 0.05) is 23.0 Å². The molecule has 1 amide bonds. The Labute approximate surface area is 134 Å². The molecule has 2 aliphatic rings. The molecule has 2 atom stereocenters. The molecule has 1 aromatic rings. The summed E-state index contributed by atoms with van der Waals surface area (Å²) in [5.74, 6) is -1.71. The molecule has 0 bridgehead atoms. The molecular formula is C17H21F2NOS. The predicted molar refractivity (Wildman–Crippen MR) is 84.3 cm³/mol. The van der Waals surface area contributed by atoms with Crippen LogP contribution in [0.4, 0.5) is 8.78 Å². The van der Waals surface area contributed by atoms with Gasteiger partial charge in [-0.3, -0.25) is 4.79 Å². The fraction of sp³-hybridized carbons (Fsp3) is 0.588. The zero-order valence-electron chi connectivity index (χ0n) is 12.5. The van der Waals surface area contributed by atoms with Crippen molar-refractivity contribution in [2.45, 2.75) is 55.2 Å². The lowest BCUT2D eigenvalue weighted by molar-refractivity contribution is 0.0390. The molecule has 3 rings (SSSR count). The van der Waals surface area contributed by atoms with E-state index in [1.807, 2.05) is 4.90 Å². The highest BCUT2D eigenvalue weighted by atomic mass is 32.2. The average Bonchev–Trinajstić information content (AvgIpc) is 2.54. The second-order valence-corrected chi connectivity index (χ2v) is 7.22. The third-order valence-electron chi connectivity index (χ3n) is 4.83. The molecule has 1 saturated heterocycles. The fourth-order valence-corrected chi connectivity index (χ4v) is 4.32. The van der Waals surface area contributed by atoms with Crippen molar-refractivity contribution >= 4 is 17.7 Å².